The van der Waals surface area contributed by atoms with Crippen LogP contribution in [0.5, 0.6) is 0 Å². The van der Waals surface area contributed by atoms with Crippen molar-refractivity contribution in [3.63, 3.8) is 0 Å². The highest BCUT2D eigenvalue weighted by Crippen LogP contribution is 2.42. The standard InChI is InChI=1S/C10H18O2/c1-10(11-2)7-8-5-3-4-6-9(8)12-10/h8-9H,3-7H2,1-2H3/t8-,9-,10-/m1/s1. The minimum atomic E-state index is -0.278. The molecule has 0 unspecified atom stereocenters. The first-order valence-corrected chi connectivity index (χ1v) is 4.96. The van der Waals surface area contributed by atoms with Crippen molar-refractivity contribution in [2.45, 2.75) is 50.9 Å². The van der Waals surface area contributed by atoms with Crippen LogP contribution in [0.1, 0.15) is 39.0 Å². The minimum Gasteiger partial charge on any atom is -0.353 e. The summed E-state index contributed by atoms with van der Waals surface area (Å²) in [5.74, 6) is 0.489. The fraction of sp³-hybridized carbons (Fsp3) is 1.00. The Labute approximate surface area is 74.2 Å². The van der Waals surface area contributed by atoms with Gasteiger partial charge in [-0.2, -0.15) is 0 Å². The summed E-state index contributed by atoms with van der Waals surface area (Å²) in [5, 5.41) is 0. The van der Waals surface area contributed by atoms with Gasteiger partial charge in [-0.15, -0.1) is 0 Å². The van der Waals surface area contributed by atoms with Crippen LogP contribution in [0.15, 0.2) is 0 Å². The fourth-order valence-electron chi connectivity index (χ4n) is 2.54. The van der Waals surface area contributed by atoms with Crippen molar-refractivity contribution in [3.05, 3.63) is 0 Å². The van der Waals surface area contributed by atoms with Crippen molar-refractivity contribution >= 4 is 0 Å². The predicted molar refractivity (Wildman–Crippen MR) is 46.9 cm³/mol. The lowest BCUT2D eigenvalue weighted by atomic mass is 9.85. The number of methoxy groups -OCH3 is 1. The molecule has 2 heteroatoms. The number of ether oxygens (including phenoxy) is 2. The van der Waals surface area contributed by atoms with Gasteiger partial charge in [0.2, 0.25) is 0 Å². The van der Waals surface area contributed by atoms with Crippen LogP contribution in [-0.4, -0.2) is 19.0 Å². The van der Waals surface area contributed by atoms with Crippen molar-refractivity contribution in [1.29, 1.82) is 0 Å². The normalized spacial score (nSPS) is 47.5. The Morgan fingerprint density at radius 1 is 1.33 bits per heavy atom. The number of hydrogen-bond donors (Lipinski definition) is 0. The van der Waals surface area contributed by atoms with Gasteiger partial charge in [0, 0.05) is 13.5 Å². The summed E-state index contributed by atoms with van der Waals surface area (Å²) in [7, 11) is 1.75. The van der Waals surface area contributed by atoms with Crippen LogP contribution in [0.25, 0.3) is 0 Å². The third-order valence-corrected chi connectivity index (χ3v) is 3.30. The highest BCUT2D eigenvalue weighted by atomic mass is 16.7. The van der Waals surface area contributed by atoms with E-state index in [0.29, 0.717) is 6.10 Å². The molecule has 0 N–H and O–H groups in total. The van der Waals surface area contributed by atoms with Gasteiger partial charge in [-0.1, -0.05) is 12.8 Å². The zero-order chi connectivity index (χ0) is 8.60. The molecule has 1 heterocycles. The van der Waals surface area contributed by atoms with Crippen molar-refractivity contribution in [1.82, 2.24) is 0 Å². The average Bonchev–Trinajstić information content (AvgIpc) is 2.42. The van der Waals surface area contributed by atoms with E-state index in [1.54, 1.807) is 7.11 Å². The Bertz CT molecular complexity index is 153. The smallest absolute Gasteiger partial charge is 0.165 e. The molecule has 70 valence electrons. The Morgan fingerprint density at radius 2 is 2.08 bits per heavy atom. The molecule has 2 rings (SSSR count). The van der Waals surface area contributed by atoms with E-state index >= 15 is 0 Å². The molecule has 12 heavy (non-hydrogen) atoms. The summed E-state index contributed by atoms with van der Waals surface area (Å²) in [6, 6.07) is 0. The molecule has 0 aromatic carbocycles. The Morgan fingerprint density at radius 3 is 2.75 bits per heavy atom. The van der Waals surface area contributed by atoms with Crippen LogP contribution < -0.4 is 0 Å². The maximum Gasteiger partial charge on any atom is 0.165 e. The van der Waals surface area contributed by atoms with Gasteiger partial charge in [0.1, 0.15) is 0 Å². The minimum absolute atomic E-state index is 0.278. The van der Waals surface area contributed by atoms with Crippen LogP contribution in [0, 0.1) is 5.92 Å². The first-order chi connectivity index (χ1) is 5.73. The van der Waals surface area contributed by atoms with Gasteiger partial charge in [-0.25, -0.2) is 0 Å². The molecule has 3 atom stereocenters. The average molecular weight is 170 g/mol. The summed E-state index contributed by atoms with van der Waals surface area (Å²) in [6.07, 6.45) is 6.87. The molecule has 0 aromatic rings. The van der Waals surface area contributed by atoms with Gasteiger partial charge in [0.05, 0.1) is 6.10 Å². The predicted octanol–water partition coefficient (Wildman–Crippen LogP) is 2.33. The van der Waals surface area contributed by atoms with E-state index in [2.05, 4.69) is 6.92 Å². The second-order valence-corrected chi connectivity index (χ2v) is 4.24. The molecule has 1 saturated carbocycles. The highest BCUT2D eigenvalue weighted by molar-refractivity contribution is 4.87. The van der Waals surface area contributed by atoms with Gasteiger partial charge in [-0.3, -0.25) is 0 Å². The van der Waals surface area contributed by atoms with Crippen LogP contribution in [0.3, 0.4) is 0 Å². The van der Waals surface area contributed by atoms with Crippen molar-refractivity contribution in [3.8, 4) is 0 Å². The lowest BCUT2D eigenvalue weighted by Gasteiger charge is -2.24. The summed E-state index contributed by atoms with van der Waals surface area (Å²) >= 11 is 0. The van der Waals surface area contributed by atoms with Crippen molar-refractivity contribution in [2.75, 3.05) is 7.11 Å². The monoisotopic (exact) mass is 170 g/mol. The van der Waals surface area contributed by atoms with E-state index in [-0.39, 0.29) is 5.79 Å². The molecule has 0 aromatic heterocycles. The Kier molecular flexibility index (Phi) is 2.13. The third kappa shape index (κ3) is 1.38. The molecule has 0 spiro atoms. The van der Waals surface area contributed by atoms with E-state index in [1.807, 2.05) is 0 Å². The van der Waals surface area contributed by atoms with Crippen molar-refractivity contribution in [2.24, 2.45) is 5.92 Å². The molecule has 0 bridgehead atoms. The topological polar surface area (TPSA) is 18.5 Å². The zero-order valence-corrected chi connectivity index (χ0v) is 8.01. The number of rotatable bonds is 1. The molecule has 1 aliphatic heterocycles. The number of fused-ring (bicyclic) bond motifs is 1. The molecule has 2 nitrogen and oxygen atoms in total. The second kappa shape index (κ2) is 3.00. The van der Waals surface area contributed by atoms with Crippen LogP contribution in [-0.2, 0) is 9.47 Å². The molecule has 1 aliphatic carbocycles. The maximum absolute atomic E-state index is 5.88. The summed E-state index contributed by atoms with van der Waals surface area (Å²) in [5.41, 5.74) is 0. The van der Waals surface area contributed by atoms with Gasteiger partial charge in [0.25, 0.3) is 0 Å². The maximum atomic E-state index is 5.88. The first-order valence-electron chi connectivity index (χ1n) is 4.96. The SMILES string of the molecule is CO[C@@]1(C)C[C@H]2CCCC[C@H]2O1. The quantitative estimate of drug-likeness (QED) is 0.601. The molecule has 2 fully saturated rings. The second-order valence-electron chi connectivity index (χ2n) is 4.24. The summed E-state index contributed by atoms with van der Waals surface area (Å²) in [4.78, 5) is 0. The molecule has 1 saturated heterocycles. The van der Waals surface area contributed by atoms with Gasteiger partial charge < -0.3 is 9.47 Å². The Hall–Kier alpha value is -0.0800. The van der Waals surface area contributed by atoms with Crippen LogP contribution >= 0.6 is 0 Å². The van der Waals surface area contributed by atoms with Gasteiger partial charge >= 0.3 is 0 Å². The number of hydrogen-bond acceptors (Lipinski definition) is 2. The fourth-order valence-corrected chi connectivity index (χ4v) is 2.54. The van der Waals surface area contributed by atoms with Crippen LogP contribution in [0.4, 0.5) is 0 Å². The van der Waals surface area contributed by atoms with E-state index in [4.69, 9.17) is 9.47 Å². The molecule has 0 amide bonds. The largest absolute Gasteiger partial charge is 0.353 e. The van der Waals surface area contributed by atoms with E-state index in [9.17, 15) is 0 Å². The van der Waals surface area contributed by atoms with Crippen LogP contribution in [0.2, 0.25) is 0 Å². The van der Waals surface area contributed by atoms with E-state index < -0.39 is 0 Å². The molecular weight excluding hydrogens is 152 g/mol. The lowest BCUT2D eigenvalue weighted by Crippen LogP contribution is -2.27. The summed E-state index contributed by atoms with van der Waals surface area (Å²) in [6.45, 7) is 2.06. The highest BCUT2D eigenvalue weighted by Gasteiger charge is 2.43. The van der Waals surface area contributed by atoms with Gasteiger partial charge in [0.15, 0.2) is 5.79 Å². The molecular formula is C10H18O2. The van der Waals surface area contributed by atoms with Crippen molar-refractivity contribution < 1.29 is 9.47 Å². The first kappa shape index (κ1) is 8.52. The van der Waals surface area contributed by atoms with E-state index in [0.717, 1.165) is 12.3 Å². The molecule has 2 aliphatic rings. The lowest BCUT2D eigenvalue weighted by molar-refractivity contribution is -0.200. The van der Waals surface area contributed by atoms with E-state index in [1.165, 1.54) is 25.7 Å². The van der Waals surface area contributed by atoms with Gasteiger partial charge in [-0.05, 0) is 25.7 Å². The molecule has 0 radical (unpaired) electrons. The third-order valence-electron chi connectivity index (χ3n) is 3.30. The zero-order valence-electron chi connectivity index (χ0n) is 8.01. The Balaban J connectivity index is 2.02. The summed E-state index contributed by atoms with van der Waals surface area (Å²) < 4.78 is 11.2.